The van der Waals surface area contributed by atoms with Crippen LogP contribution < -0.4 is 10.0 Å². The minimum atomic E-state index is -3.43. The highest BCUT2D eigenvalue weighted by molar-refractivity contribution is 7.92. The van der Waals surface area contributed by atoms with Gasteiger partial charge in [-0.25, -0.2) is 8.42 Å². The van der Waals surface area contributed by atoms with Crippen LogP contribution in [0.1, 0.15) is 26.7 Å². The van der Waals surface area contributed by atoms with Crippen molar-refractivity contribution in [1.29, 1.82) is 0 Å². The van der Waals surface area contributed by atoms with Gasteiger partial charge in [0.1, 0.15) is 5.84 Å². The van der Waals surface area contributed by atoms with Crippen molar-refractivity contribution >= 4 is 21.5 Å². The van der Waals surface area contributed by atoms with Crippen LogP contribution in [0, 0.1) is 5.92 Å². The molecule has 0 saturated carbocycles. The average Bonchev–Trinajstić information content (AvgIpc) is 2.46. The number of hydrogen-bond acceptors (Lipinski definition) is 4. The van der Waals surface area contributed by atoms with Gasteiger partial charge in [0.25, 0.3) is 0 Å². The number of amidine groups is 1. The summed E-state index contributed by atoms with van der Waals surface area (Å²) in [4.78, 5) is 0. The molecule has 0 atom stereocenters. The molecule has 7 heteroatoms. The summed E-state index contributed by atoms with van der Waals surface area (Å²) < 4.78 is 26.4. The van der Waals surface area contributed by atoms with Crippen LogP contribution in [0.4, 0.5) is 5.69 Å². The maximum atomic E-state index is 12.5. The first-order chi connectivity index (χ1) is 9.86. The zero-order valence-corrected chi connectivity index (χ0v) is 13.3. The van der Waals surface area contributed by atoms with Gasteiger partial charge in [0.05, 0.1) is 11.4 Å². The Bertz CT molecular complexity index is 556. The Hall–Kier alpha value is -1.76. The Labute approximate surface area is 126 Å². The van der Waals surface area contributed by atoms with Crippen LogP contribution in [0.2, 0.25) is 0 Å². The van der Waals surface area contributed by atoms with Crippen molar-refractivity contribution in [3.8, 4) is 0 Å². The normalized spacial score (nSPS) is 12.6. The summed E-state index contributed by atoms with van der Waals surface area (Å²) in [7, 11) is -3.43. The number of rotatable bonds is 8. The van der Waals surface area contributed by atoms with Crippen LogP contribution in [-0.4, -0.2) is 31.8 Å². The second-order valence-corrected chi connectivity index (χ2v) is 7.26. The molecule has 6 nitrogen and oxygen atoms in total. The molecule has 0 bridgehead atoms. The Morgan fingerprint density at radius 1 is 1.33 bits per heavy atom. The highest BCUT2D eigenvalue weighted by atomic mass is 32.2. The Morgan fingerprint density at radius 2 is 1.95 bits per heavy atom. The van der Waals surface area contributed by atoms with E-state index < -0.39 is 10.0 Å². The minimum Gasteiger partial charge on any atom is -0.409 e. The molecule has 0 aliphatic heterocycles. The van der Waals surface area contributed by atoms with E-state index in [0.717, 1.165) is 0 Å². The van der Waals surface area contributed by atoms with E-state index in [2.05, 4.69) is 5.16 Å². The lowest BCUT2D eigenvalue weighted by molar-refractivity contribution is 0.317. The summed E-state index contributed by atoms with van der Waals surface area (Å²) in [5.41, 5.74) is 6.03. The maximum absolute atomic E-state index is 12.5. The van der Waals surface area contributed by atoms with E-state index in [4.69, 9.17) is 10.9 Å². The van der Waals surface area contributed by atoms with E-state index in [-0.39, 0.29) is 24.6 Å². The third-order valence-corrected chi connectivity index (χ3v) is 4.85. The van der Waals surface area contributed by atoms with E-state index in [1.165, 1.54) is 4.31 Å². The summed E-state index contributed by atoms with van der Waals surface area (Å²) in [6.07, 6.45) is 0.765. The fraction of sp³-hybridized carbons (Fsp3) is 0.500. The SMILES string of the molecule is CC(C)CCS(=O)(=O)N(CCC(N)=NO)c1ccccc1. The molecule has 3 N–H and O–H groups in total. The molecule has 1 rings (SSSR count). The molecule has 0 unspecified atom stereocenters. The van der Waals surface area contributed by atoms with E-state index in [1.54, 1.807) is 24.3 Å². The fourth-order valence-corrected chi connectivity index (χ4v) is 3.59. The van der Waals surface area contributed by atoms with Crippen LogP contribution in [0.5, 0.6) is 0 Å². The first-order valence-electron chi connectivity index (χ1n) is 6.88. The number of hydrogen-bond donors (Lipinski definition) is 2. The highest BCUT2D eigenvalue weighted by Crippen LogP contribution is 2.19. The molecule has 0 saturated heterocycles. The number of para-hydroxylation sites is 1. The van der Waals surface area contributed by atoms with Crippen molar-refractivity contribution in [2.45, 2.75) is 26.7 Å². The number of benzene rings is 1. The summed E-state index contributed by atoms with van der Waals surface area (Å²) in [5, 5.41) is 11.5. The van der Waals surface area contributed by atoms with Gasteiger partial charge in [0, 0.05) is 13.0 Å². The Balaban J connectivity index is 2.96. The standard InChI is InChI=1S/C14H23N3O3S/c1-12(2)9-11-21(19,20)17(10-8-14(15)16-18)13-6-4-3-5-7-13/h3-7,12,18H,8-11H2,1-2H3,(H2,15,16). The number of oxime groups is 1. The number of nitrogens with zero attached hydrogens (tertiary/aromatic N) is 2. The lowest BCUT2D eigenvalue weighted by atomic mass is 10.2. The van der Waals surface area contributed by atoms with Crippen LogP contribution >= 0.6 is 0 Å². The maximum Gasteiger partial charge on any atom is 0.235 e. The van der Waals surface area contributed by atoms with Gasteiger partial charge in [-0.15, -0.1) is 0 Å². The van der Waals surface area contributed by atoms with Gasteiger partial charge in [0.2, 0.25) is 10.0 Å². The molecule has 0 spiro atoms. The van der Waals surface area contributed by atoms with Crippen LogP contribution in [0.15, 0.2) is 35.5 Å². The summed E-state index contributed by atoms with van der Waals surface area (Å²) in [6, 6.07) is 8.86. The van der Waals surface area contributed by atoms with E-state index in [0.29, 0.717) is 18.0 Å². The monoisotopic (exact) mass is 313 g/mol. The molecular weight excluding hydrogens is 290 g/mol. The third kappa shape index (κ3) is 5.63. The predicted molar refractivity (Wildman–Crippen MR) is 85.1 cm³/mol. The van der Waals surface area contributed by atoms with Crippen molar-refractivity contribution in [1.82, 2.24) is 0 Å². The van der Waals surface area contributed by atoms with Crippen LogP contribution in [-0.2, 0) is 10.0 Å². The third-order valence-electron chi connectivity index (χ3n) is 3.03. The Morgan fingerprint density at radius 3 is 2.48 bits per heavy atom. The molecular formula is C14H23N3O3S. The average molecular weight is 313 g/mol. The van der Waals surface area contributed by atoms with Crippen molar-refractivity contribution in [2.24, 2.45) is 16.8 Å². The van der Waals surface area contributed by atoms with Crippen molar-refractivity contribution in [3.05, 3.63) is 30.3 Å². The Kier molecular flexibility index (Phi) is 6.48. The van der Waals surface area contributed by atoms with Gasteiger partial charge in [0.15, 0.2) is 0 Å². The van der Waals surface area contributed by atoms with Gasteiger partial charge in [-0.2, -0.15) is 0 Å². The molecule has 0 aromatic heterocycles. The topological polar surface area (TPSA) is 96.0 Å². The predicted octanol–water partition coefficient (Wildman–Crippen LogP) is 2.01. The molecule has 1 aromatic carbocycles. The van der Waals surface area contributed by atoms with Gasteiger partial charge < -0.3 is 10.9 Å². The second-order valence-electron chi connectivity index (χ2n) is 5.25. The molecule has 0 amide bonds. The van der Waals surface area contributed by atoms with E-state index in [1.807, 2.05) is 19.9 Å². The fourth-order valence-electron chi connectivity index (χ4n) is 1.78. The molecule has 0 aliphatic carbocycles. The number of nitrogens with two attached hydrogens (primary N) is 1. The molecule has 21 heavy (non-hydrogen) atoms. The largest absolute Gasteiger partial charge is 0.409 e. The number of anilines is 1. The van der Waals surface area contributed by atoms with E-state index in [9.17, 15) is 8.42 Å². The first kappa shape index (κ1) is 17.3. The zero-order chi connectivity index (χ0) is 15.9. The first-order valence-corrected chi connectivity index (χ1v) is 8.49. The molecule has 0 radical (unpaired) electrons. The van der Waals surface area contributed by atoms with Gasteiger partial charge in [-0.3, -0.25) is 4.31 Å². The van der Waals surface area contributed by atoms with Crippen LogP contribution in [0.3, 0.4) is 0 Å². The summed E-state index contributed by atoms with van der Waals surface area (Å²) in [6.45, 7) is 4.12. The van der Waals surface area contributed by atoms with E-state index >= 15 is 0 Å². The lowest BCUT2D eigenvalue weighted by Gasteiger charge is -2.24. The summed E-state index contributed by atoms with van der Waals surface area (Å²) >= 11 is 0. The van der Waals surface area contributed by atoms with Crippen molar-refractivity contribution in [2.75, 3.05) is 16.6 Å². The van der Waals surface area contributed by atoms with Crippen LogP contribution in [0.25, 0.3) is 0 Å². The second kappa shape index (κ2) is 7.87. The molecule has 118 valence electrons. The molecule has 0 fully saturated rings. The molecule has 0 heterocycles. The smallest absolute Gasteiger partial charge is 0.235 e. The van der Waals surface area contributed by atoms with Crippen molar-refractivity contribution in [3.63, 3.8) is 0 Å². The zero-order valence-electron chi connectivity index (χ0n) is 12.4. The minimum absolute atomic E-state index is 0.00925. The van der Waals surface area contributed by atoms with Gasteiger partial charge >= 0.3 is 0 Å². The van der Waals surface area contributed by atoms with Gasteiger partial charge in [-0.1, -0.05) is 37.2 Å². The van der Waals surface area contributed by atoms with Crippen molar-refractivity contribution < 1.29 is 13.6 Å². The molecule has 1 aromatic rings. The highest BCUT2D eigenvalue weighted by Gasteiger charge is 2.22. The summed E-state index contributed by atoms with van der Waals surface area (Å²) in [5.74, 6) is 0.395. The number of sulfonamides is 1. The molecule has 0 aliphatic rings. The quantitative estimate of drug-likeness (QED) is 0.332. The lowest BCUT2D eigenvalue weighted by Crippen LogP contribution is -2.36. The van der Waals surface area contributed by atoms with Gasteiger partial charge in [-0.05, 0) is 24.5 Å².